The molecule has 3 rings (SSSR count). The SMILES string of the molecule is CC(NCc1ccco1)c1ccc(NC(=O)C2CC2)cc1. The Morgan fingerprint density at radius 2 is 2.05 bits per heavy atom. The van der Waals surface area contributed by atoms with E-state index in [-0.39, 0.29) is 17.9 Å². The molecular formula is C17H20N2O2. The highest BCUT2D eigenvalue weighted by Crippen LogP contribution is 2.30. The predicted octanol–water partition coefficient (Wildman–Crippen LogP) is 3.48. The van der Waals surface area contributed by atoms with Gasteiger partial charge in [-0.05, 0) is 49.6 Å². The maximum absolute atomic E-state index is 11.7. The molecule has 2 aromatic rings. The molecule has 1 aromatic carbocycles. The zero-order chi connectivity index (χ0) is 14.7. The van der Waals surface area contributed by atoms with Gasteiger partial charge in [-0.15, -0.1) is 0 Å². The van der Waals surface area contributed by atoms with E-state index >= 15 is 0 Å². The molecule has 1 heterocycles. The van der Waals surface area contributed by atoms with Crippen molar-refractivity contribution in [2.75, 3.05) is 5.32 Å². The van der Waals surface area contributed by atoms with E-state index in [1.165, 1.54) is 5.56 Å². The first-order valence-electron chi connectivity index (χ1n) is 7.39. The van der Waals surface area contributed by atoms with Crippen LogP contribution in [0.3, 0.4) is 0 Å². The van der Waals surface area contributed by atoms with Gasteiger partial charge in [0.2, 0.25) is 5.91 Å². The molecule has 0 bridgehead atoms. The molecule has 0 aliphatic heterocycles. The molecule has 4 heteroatoms. The first-order valence-corrected chi connectivity index (χ1v) is 7.39. The first kappa shape index (κ1) is 13.9. The van der Waals surface area contributed by atoms with E-state index in [1.54, 1.807) is 6.26 Å². The predicted molar refractivity (Wildman–Crippen MR) is 81.8 cm³/mol. The van der Waals surface area contributed by atoms with Crippen LogP contribution in [0, 0.1) is 5.92 Å². The van der Waals surface area contributed by atoms with Crippen molar-refractivity contribution in [1.82, 2.24) is 5.32 Å². The van der Waals surface area contributed by atoms with Crippen molar-refractivity contribution in [3.63, 3.8) is 0 Å². The van der Waals surface area contributed by atoms with Crippen LogP contribution in [0.25, 0.3) is 0 Å². The van der Waals surface area contributed by atoms with Crippen molar-refractivity contribution in [2.45, 2.75) is 32.4 Å². The van der Waals surface area contributed by atoms with Gasteiger partial charge >= 0.3 is 0 Å². The fourth-order valence-corrected chi connectivity index (χ4v) is 2.23. The highest BCUT2D eigenvalue weighted by atomic mass is 16.3. The summed E-state index contributed by atoms with van der Waals surface area (Å²) in [6, 6.07) is 12.1. The Kier molecular flexibility index (Phi) is 4.06. The summed E-state index contributed by atoms with van der Waals surface area (Å²) in [7, 11) is 0. The quantitative estimate of drug-likeness (QED) is 0.854. The van der Waals surface area contributed by atoms with E-state index < -0.39 is 0 Å². The molecule has 1 atom stereocenters. The van der Waals surface area contributed by atoms with Crippen LogP contribution >= 0.6 is 0 Å². The van der Waals surface area contributed by atoms with Crippen molar-refractivity contribution in [2.24, 2.45) is 5.92 Å². The molecule has 0 saturated heterocycles. The van der Waals surface area contributed by atoms with Gasteiger partial charge in [0.15, 0.2) is 0 Å². The second-order valence-corrected chi connectivity index (χ2v) is 5.57. The summed E-state index contributed by atoms with van der Waals surface area (Å²) >= 11 is 0. The average Bonchev–Trinajstić information content (AvgIpc) is 3.23. The van der Waals surface area contributed by atoms with Gasteiger partial charge < -0.3 is 15.1 Å². The third kappa shape index (κ3) is 3.73. The normalized spacial score (nSPS) is 15.7. The van der Waals surface area contributed by atoms with Gasteiger partial charge in [-0.25, -0.2) is 0 Å². The molecular weight excluding hydrogens is 264 g/mol. The summed E-state index contributed by atoms with van der Waals surface area (Å²) in [5.41, 5.74) is 2.06. The number of amides is 1. The number of carbonyl (C=O) groups excluding carboxylic acids is 1. The Balaban J connectivity index is 1.53. The number of benzene rings is 1. The zero-order valence-electron chi connectivity index (χ0n) is 12.1. The summed E-state index contributed by atoms with van der Waals surface area (Å²) in [6.45, 7) is 2.81. The maximum atomic E-state index is 11.7. The Labute approximate surface area is 124 Å². The highest BCUT2D eigenvalue weighted by molar-refractivity contribution is 5.93. The van der Waals surface area contributed by atoms with E-state index in [2.05, 4.69) is 17.6 Å². The fraction of sp³-hybridized carbons (Fsp3) is 0.353. The largest absolute Gasteiger partial charge is 0.468 e. The van der Waals surface area contributed by atoms with E-state index in [0.29, 0.717) is 6.54 Å². The molecule has 2 N–H and O–H groups in total. The van der Waals surface area contributed by atoms with Crippen molar-refractivity contribution < 1.29 is 9.21 Å². The van der Waals surface area contributed by atoms with E-state index in [0.717, 1.165) is 24.3 Å². The molecule has 1 aromatic heterocycles. The number of rotatable bonds is 6. The minimum atomic E-state index is 0.145. The molecule has 4 nitrogen and oxygen atoms in total. The summed E-state index contributed by atoms with van der Waals surface area (Å²) in [6.07, 6.45) is 3.73. The third-order valence-electron chi connectivity index (χ3n) is 3.79. The van der Waals surface area contributed by atoms with Crippen molar-refractivity contribution in [1.29, 1.82) is 0 Å². The first-order chi connectivity index (χ1) is 10.2. The fourth-order valence-electron chi connectivity index (χ4n) is 2.23. The van der Waals surface area contributed by atoms with Crippen LogP contribution in [-0.4, -0.2) is 5.91 Å². The lowest BCUT2D eigenvalue weighted by Gasteiger charge is -2.14. The highest BCUT2D eigenvalue weighted by Gasteiger charge is 2.29. The third-order valence-corrected chi connectivity index (χ3v) is 3.79. The smallest absolute Gasteiger partial charge is 0.227 e. The van der Waals surface area contributed by atoms with Gasteiger partial charge in [0, 0.05) is 17.6 Å². The minimum absolute atomic E-state index is 0.145. The van der Waals surface area contributed by atoms with E-state index in [4.69, 9.17) is 4.42 Å². The standard InChI is InChI=1S/C17H20N2O2/c1-12(18-11-16-3-2-10-21-16)13-6-8-15(9-7-13)19-17(20)14-4-5-14/h2-3,6-10,12,14,18H,4-5,11H2,1H3,(H,19,20). The molecule has 1 amide bonds. The van der Waals surface area contributed by atoms with Crippen LogP contribution in [0.15, 0.2) is 47.1 Å². The number of nitrogens with one attached hydrogen (secondary N) is 2. The average molecular weight is 284 g/mol. The molecule has 1 aliphatic rings. The second-order valence-electron chi connectivity index (χ2n) is 5.57. The van der Waals surface area contributed by atoms with Crippen LogP contribution in [0.4, 0.5) is 5.69 Å². The van der Waals surface area contributed by atoms with Crippen molar-refractivity contribution in [3.8, 4) is 0 Å². The molecule has 0 radical (unpaired) electrons. The monoisotopic (exact) mass is 284 g/mol. The number of hydrogen-bond donors (Lipinski definition) is 2. The summed E-state index contributed by atoms with van der Waals surface area (Å²) < 4.78 is 5.30. The van der Waals surface area contributed by atoms with E-state index in [1.807, 2.05) is 36.4 Å². The molecule has 110 valence electrons. The topological polar surface area (TPSA) is 54.3 Å². The van der Waals surface area contributed by atoms with Gasteiger partial charge in [-0.1, -0.05) is 12.1 Å². The molecule has 1 unspecified atom stereocenters. The van der Waals surface area contributed by atoms with Gasteiger partial charge in [0.25, 0.3) is 0 Å². The van der Waals surface area contributed by atoms with Crippen LogP contribution < -0.4 is 10.6 Å². The minimum Gasteiger partial charge on any atom is -0.468 e. The number of carbonyl (C=O) groups is 1. The van der Waals surface area contributed by atoms with Crippen LogP contribution in [0.5, 0.6) is 0 Å². The van der Waals surface area contributed by atoms with Crippen molar-refractivity contribution in [3.05, 3.63) is 54.0 Å². The van der Waals surface area contributed by atoms with Crippen LogP contribution in [-0.2, 0) is 11.3 Å². The summed E-state index contributed by atoms with van der Waals surface area (Å²) in [4.78, 5) is 11.7. The molecule has 1 fully saturated rings. The number of hydrogen-bond acceptors (Lipinski definition) is 3. The van der Waals surface area contributed by atoms with Gasteiger partial charge in [-0.3, -0.25) is 4.79 Å². The Bertz CT molecular complexity index is 586. The zero-order valence-corrected chi connectivity index (χ0v) is 12.1. The molecule has 21 heavy (non-hydrogen) atoms. The molecule has 1 saturated carbocycles. The van der Waals surface area contributed by atoms with Gasteiger partial charge in [0.05, 0.1) is 12.8 Å². The maximum Gasteiger partial charge on any atom is 0.227 e. The number of furan rings is 1. The summed E-state index contributed by atoms with van der Waals surface area (Å²) in [5, 5.41) is 6.36. The van der Waals surface area contributed by atoms with Crippen LogP contribution in [0.1, 0.15) is 37.1 Å². The lowest BCUT2D eigenvalue weighted by atomic mass is 10.1. The lowest BCUT2D eigenvalue weighted by Crippen LogP contribution is -2.18. The van der Waals surface area contributed by atoms with Crippen molar-refractivity contribution >= 4 is 11.6 Å². The molecule has 0 spiro atoms. The van der Waals surface area contributed by atoms with Crippen LogP contribution in [0.2, 0.25) is 0 Å². The number of anilines is 1. The lowest BCUT2D eigenvalue weighted by molar-refractivity contribution is -0.117. The molecule has 1 aliphatic carbocycles. The Morgan fingerprint density at radius 1 is 1.29 bits per heavy atom. The Morgan fingerprint density at radius 3 is 2.67 bits per heavy atom. The van der Waals surface area contributed by atoms with E-state index in [9.17, 15) is 4.79 Å². The van der Waals surface area contributed by atoms with Gasteiger partial charge in [-0.2, -0.15) is 0 Å². The second kappa shape index (κ2) is 6.14. The van der Waals surface area contributed by atoms with Gasteiger partial charge in [0.1, 0.15) is 5.76 Å². The Hall–Kier alpha value is -2.07. The summed E-state index contributed by atoms with van der Waals surface area (Å²) in [5.74, 6) is 1.31.